The second-order valence-electron chi connectivity index (χ2n) is 7.37. The number of morpholine rings is 1. The molecule has 1 aromatic carbocycles. The maximum Gasteiger partial charge on any atom is 0.274 e. The summed E-state index contributed by atoms with van der Waals surface area (Å²) in [6.07, 6.45) is 1.61. The van der Waals surface area contributed by atoms with Crippen LogP contribution in [0.2, 0.25) is 0 Å². The Morgan fingerprint density at radius 3 is 2.63 bits per heavy atom. The van der Waals surface area contributed by atoms with Crippen molar-refractivity contribution in [2.24, 2.45) is 5.73 Å². The number of aryl methyl sites for hydroxylation is 1. The first-order valence-corrected chi connectivity index (χ1v) is 10.1. The average Bonchev–Trinajstić information content (AvgIpc) is 2.52. The number of amides is 1. The molecule has 2 heterocycles. The van der Waals surface area contributed by atoms with Crippen molar-refractivity contribution < 1.29 is 9.53 Å². The predicted molar refractivity (Wildman–Crippen MR) is 113 cm³/mol. The second-order valence-corrected chi connectivity index (χ2v) is 9.20. The first kappa shape index (κ1) is 20.4. The highest BCUT2D eigenvalue weighted by molar-refractivity contribution is 9.10. The van der Waals surface area contributed by atoms with E-state index in [1.807, 2.05) is 45.0 Å². The van der Waals surface area contributed by atoms with Crippen LogP contribution in [0.1, 0.15) is 35.5 Å². The van der Waals surface area contributed by atoms with Crippen LogP contribution >= 0.6 is 31.9 Å². The number of hydrogen-bond donors (Lipinski definition) is 3. The molecule has 27 heavy (non-hydrogen) atoms. The Hall–Kier alpha value is -1.32. The number of rotatable bonds is 3. The van der Waals surface area contributed by atoms with Gasteiger partial charge in [-0.2, -0.15) is 0 Å². The Morgan fingerprint density at radius 2 is 1.96 bits per heavy atom. The third-order valence-electron chi connectivity index (χ3n) is 4.41. The lowest BCUT2D eigenvalue weighted by molar-refractivity contribution is -0.0309. The number of aromatic nitrogens is 1. The largest absolute Gasteiger partial charge is 0.376 e. The molecule has 3 rings (SSSR count). The molecular weight excluding hydrogens is 476 g/mol. The lowest BCUT2D eigenvalue weighted by Crippen LogP contribution is -2.66. The van der Waals surface area contributed by atoms with Gasteiger partial charge in [0.1, 0.15) is 5.69 Å². The van der Waals surface area contributed by atoms with E-state index in [4.69, 9.17) is 10.5 Å². The Bertz CT molecular complexity index is 888. The third kappa shape index (κ3) is 4.75. The molecule has 2 atom stereocenters. The lowest BCUT2D eigenvalue weighted by atomic mass is 9.89. The third-order valence-corrected chi connectivity index (χ3v) is 5.30. The number of nitrogens with zero attached hydrogens (tertiary/aromatic N) is 1. The highest BCUT2D eigenvalue weighted by Gasteiger charge is 2.38. The maximum atomic E-state index is 12.7. The molecule has 0 spiro atoms. The number of halogens is 2. The second kappa shape index (κ2) is 7.60. The number of benzene rings is 1. The minimum atomic E-state index is -0.628. The number of pyridine rings is 1. The van der Waals surface area contributed by atoms with E-state index in [-0.39, 0.29) is 5.91 Å². The van der Waals surface area contributed by atoms with Gasteiger partial charge < -0.3 is 15.8 Å². The monoisotopic (exact) mass is 496 g/mol. The van der Waals surface area contributed by atoms with Crippen molar-refractivity contribution in [3.63, 3.8) is 0 Å². The summed E-state index contributed by atoms with van der Waals surface area (Å²) in [6.45, 7) is 6.70. The summed E-state index contributed by atoms with van der Waals surface area (Å²) in [6, 6.07) is 7.64. The lowest BCUT2D eigenvalue weighted by Gasteiger charge is -2.44. The van der Waals surface area contributed by atoms with Crippen LogP contribution in [-0.4, -0.2) is 29.8 Å². The van der Waals surface area contributed by atoms with Crippen molar-refractivity contribution in [3.05, 3.63) is 56.2 Å². The van der Waals surface area contributed by atoms with Crippen molar-refractivity contribution in [2.75, 3.05) is 18.5 Å². The molecule has 1 saturated heterocycles. The minimum absolute atomic E-state index is 0.259. The van der Waals surface area contributed by atoms with E-state index < -0.39 is 11.2 Å². The fourth-order valence-corrected chi connectivity index (χ4v) is 4.21. The van der Waals surface area contributed by atoms with Gasteiger partial charge in [-0.25, -0.2) is 4.98 Å². The molecule has 1 unspecified atom stereocenters. The van der Waals surface area contributed by atoms with E-state index in [0.29, 0.717) is 24.6 Å². The maximum absolute atomic E-state index is 12.7. The zero-order valence-corrected chi connectivity index (χ0v) is 18.6. The van der Waals surface area contributed by atoms with E-state index >= 15 is 0 Å². The van der Waals surface area contributed by atoms with Gasteiger partial charge in [0.25, 0.3) is 5.91 Å². The quantitative estimate of drug-likeness (QED) is 0.601. The molecule has 1 fully saturated rings. The Balaban J connectivity index is 1.88. The smallest absolute Gasteiger partial charge is 0.274 e. The summed E-state index contributed by atoms with van der Waals surface area (Å²) in [5.74, 6) is -0.259. The van der Waals surface area contributed by atoms with Gasteiger partial charge in [0.2, 0.25) is 0 Å². The predicted octanol–water partition coefficient (Wildman–Crippen LogP) is 3.68. The topological polar surface area (TPSA) is 89.3 Å². The highest BCUT2D eigenvalue weighted by atomic mass is 79.9. The van der Waals surface area contributed by atoms with Crippen LogP contribution in [0.5, 0.6) is 0 Å². The normalized spacial score (nSPS) is 25.3. The van der Waals surface area contributed by atoms with E-state index in [9.17, 15) is 4.79 Å². The zero-order chi connectivity index (χ0) is 19.8. The molecular formula is C19H22Br2N4O2. The van der Waals surface area contributed by atoms with E-state index in [2.05, 4.69) is 47.5 Å². The molecule has 6 nitrogen and oxygen atoms in total. The van der Waals surface area contributed by atoms with Crippen LogP contribution in [0.3, 0.4) is 0 Å². The fourth-order valence-electron chi connectivity index (χ4n) is 3.27. The van der Waals surface area contributed by atoms with Gasteiger partial charge in [0.15, 0.2) is 0 Å². The Morgan fingerprint density at radius 1 is 1.22 bits per heavy atom. The standard InChI is InChI=1S/C19H22Br2N4O2/c1-11-4-14(21)8-23-16(11)17(26)24-15-6-12(5-13(20)7-15)18(2)9-27-10-19(3,22)25-18/h4-8,25H,9-10,22H2,1-3H3,(H,24,26)/t18-,19?/m0/s1. The molecule has 8 heteroatoms. The number of nitrogens with two attached hydrogens (primary N) is 1. The Labute approximate surface area is 175 Å². The summed E-state index contributed by atoms with van der Waals surface area (Å²) < 4.78 is 7.39. The minimum Gasteiger partial charge on any atom is -0.376 e. The molecule has 0 bridgehead atoms. The van der Waals surface area contributed by atoms with Crippen molar-refractivity contribution in [2.45, 2.75) is 32.0 Å². The number of anilines is 1. The first-order valence-electron chi connectivity index (χ1n) is 8.49. The zero-order valence-electron chi connectivity index (χ0n) is 15.4. The molecule has 1 aliphatic rings. The van der Waals surface area contributed by atoms with E-state index in [0.717, 1.165) is 20.1 Å². The number of ether oxygens (including phenoxy) is 1. The molecule has 2 aromatic rings. The van der Waals surface area contributed by atoms with Crippen LogP contribution in [0.15, 0.2) is 39.4 Å². The van der Waals surface area contributed by atoms with Crippen molar-refractivity contribution in [1.29, 1.82) is 0 Å². The van der Waals surface area contributed by atoms with Gasteiger partial charge in [-0.15, -0.1) is 0 Å². The molecule has 144 valence electrons. The summed E-state index contributed by atoms with van der Waals surface area (Å²) in [7, 11) is 0. The molecule has 1 aliphatic heterocycles. The number of carbonyl (C=O) groups is 1. The van der Waals surface area contributed by atoms with Gasteiger partial charge in [-0.3, -0.25) is 10.1 Å². The van der Waals surface area contributed by atoms with Gasteiger partial charge in [0.05, 0.1) is 24.4 Å². The summed E-state index contributed by atoms with van der Waals surface area (Å²) in [5, 5.41) is 6.37. The first-order chi connectivity index (χ1) is 12.6. The van der Waals surface area contributed by atoms with Gasteiger partial charge in [-0.05, 0) is 72.1 Å². The molecule has 0 saturated carbocycles. The van der Waals surface area contributed by atoms with Crippen molar-refractivity contribution >= 4 is 43.5 Å². The number of hydrogen-bond acceptors (Lipinski definition) is 5. The average molecular weight is 498 g/mol. The van der Waals surface area contributed by atoms with Crippen LogP contribution in [0, 0.1) is 6.92 Å². The van der Waals surface area contributed by atoms with Crippen molar-refractivity contribution in [3.8, 4) is 0 Å². The van der Waals surface area contributed by atoms with Crippen LogP contribution in [0.25, 0.3) is 0 Å². The number of carbonyl (C=O) groups excluding carboxylic acids is 1. The Kier molecular flexibility index (Phi) is 5.74. The van der Waals surface area contributed by atoms with Gasteiger partial charge in [0, 0.05) is 20.8 Å². The van der Waals surface area contributed by atoms with Crippen LogP contribution < -0.4 is 16.4 Å². The SMILES string of the molecule is Cc1cc(Br)cnc1C(=O)Nc1cc(Br)cc([C@]2(C)COCC(C)(N)N2)c1. The molecule has 0 radical (unpaired) electrons. The van der Waals surface area contributed by atoms with E-state index in [1.165, 1.54) is 0 Å². The van der Waals surface area contributed by atoms with Crippen LogP contribution in [0.4, 0.5) is 5.69 Å². The highest BCUT2D eigenvalue weighted by Crippen LogP contribution is 2.31. The summed E-state index contributed by atoms with van der Waals surface area (Å²) in [5.41, 5.74) is 7.93. The van der Waals surface area contributed by atoms with Gasteiger partial charge >= 0.3 is 0 Å². The van der Waals surface area contributed by atoms with Gasteiger partial charge in [-0.1, -0.05) is 15.9 Å². The number of nitrogens with one attached hydrogen (secondary N) is 2. The molecule has 1 aromatic heterocycles. The summed E-state index contributed by atoms with van der Waals surface area (Å²) >= 11 is 6.89. The molecule has 1 amide bonds. The van der Waals surface area contributed by atoms with E-state index in [1.54, 1.807) is 6.20 Å². The molecule has 4 N–H and O–H groups in total. The fraction of sp³-hybridized carbons (Fsp3) is 0.368. The summed E-state index contributed by atoms with van der Waals surface area (Å²) in [4.78, 5) is 16.9. The van der Waals surface area contributed by atoms with Crippen LogP contribution in [-0.2, 0) is 10.3 Å². The molecule has 0 aliphatic carbocycles. The van der Waals surface area contributed by atoms with Crippen molar-refractivity contribution in [1.82, 2.24) is 10.3 Å².